The fraction of sp³-hybridized carbons (Fsp3) is 0.500. The van der Waals surface area contributed by atoms with Crippen LogP contribution in [0.25, 0.3) is 0 Å². The summed E-state index contributed by atoms with van der Waals surface area (Å²) in [6, 6.07) is 12.4. The van der Waals surface area contributed by atoms with Gasteiger partial charge in [-0.1, -0.05) is 32.0 Å². The summed E-state index contributed by atoms with van der Waals surface area (Å²) in [5.74, 6) is 0.446. The van der Waals surface area contributed by atoms with Crippen molar-refractivity contribution < 1.29 is 4.79 Å². The first-order chi connectivity index (χ1) is 9.03. The van der Waals surface area contributed by atoms with Crippen molar-refractivity contribution in [3.8, 4) is 6.07 Å². The van der Waals surface area contributed by atoms with Gasteiger partial charge >= 0.3 is 0 Å². The van der Waals surface area contributed by atoms with Crippen molar-refractivity contribution in [2.24, 2.45) is 11.3 Å². The van der Waals surface area contributed by atoms with Gasteiger partial charge in [0.15, 0.2) is 0 Å². The summed E-state index contributed by atoms with van der Waals surface area (Å²) < 4.78 is 0. The lowest BCUT2D eigenvalue weighted by Gasteiger charge is -2.40. The third kappa shape index (κ3) is 3.39. The molecule has 0 bridgehead atoms. The summed E-state index contributed by atoms with van der Waals surface area (Å²) in [4.78, 5) is 12.8. The lowest BCUT2D eigenvalue weighted by atomic mass is 9.67. The first kappa shape index (κ1) is 14.1. The summed E-state index contributed by atoms with van der Waals surface area (Å²) in [6.45, 7) is 4.36. The monoisotopic (exact) mass is 273 g/mol. The van der Waals surface area contributed by atoms with Crippen LogP contribution in [0.5, 0.6) is 0 Å². The highest BCUT2D eigenvalue weighted by Gasteiger charge is 2.40. The number of carbonyl (C=O) groups excluding carboxylic acids is 1. The van der Waals surface area contributed by atoms with E-state index in [4.69, 9.17) is 0 Å². The number of hydrogen-bond acceptors (Lipinski definition) is 3. The van der Waals surface area contributed by atoms with Crippen molar-refractivity contribution in [3.63, 3.8) is 0 Å². The maximum Gasteiger partial charge on any atom is 0.133 e. The van der Waals surface area contributed by atoms with Crippen LogP contribution >= 0.6 is 11.8 Å². The number of carbonyl (C=O) groups is 1. The fourth-order valence-electron chi connectivity index (χ4n) is 2.63. The molecule has 2 unspecified atom stereocenters. The van der Waals surface area contributed by atoms with E-state index in [-0.39, 0.29) is 16.6 Å². The normalized spacial score (nSPS) is 23.6. The van der Waals surface area contributed by atoms with Gasteiger partial charge in [0.2, 0.25) is 0 Å². The second-order valence-electron chi connectivity index (χ2n) is 5.82. The predicted molar refractivity (Wildman–Crippen MR) is 77.8 cm³/mol. The standard InChI is InChI=1S/C16H19NOS/c1-16(2)9-8-12(18)10-14(16)15(11-17)19-13-6-4-3-5-7-13/h3-7,14-15H,8-10H2,1-2H3. The molecule has 100 valence electrons. The molecule has 1 fully saturated rings. The number of ketones is 1. The van der Waals surface area contributed by atoms with E-state index in [1.54, 1.807) is 11.8 Å². The van der Waals surface area contributed by atoms with Crippen LogP contribution in [0.4, 0.5) is 0 Å². The van der Waals surface area contributed by atoms with Gasteiger partial charge < -0.3 is 0 Å². The van der Waals surface area contributed by atoms with Crippen molar-refractivity contribution in [2.75, 3.05) is 0 Å². The van der Waals surface area contributed by atoms with Crippen LogP contribution in [-0.4, -0.2) is 11.0 Å². The van der Waals surface area contributed by atoms with Crippen molar-refractivity contribution >= 4 is 17.5 Å². The zero-order valence-electron chi connectivity index (χ0n) is 11.4. The molecule has 0 heterocycles. The number of nitrogens with zero attached hydrogens (tertiary/aromatic N) is 1. The van der Waals surface area contributed by atoms with E-state index in [0.29, 0.717) is 18.6 Å². The van der Waals surface area contributed by atoms with Gasteiger partial charge in [0.1, 0.15) is 11.0 Å². The first-order valence-corrected chi connectivity index (χ1v) is 7.54. The molecule has 0 saturated heterocycles. The summed E-state index contributed by atoms with van der Waals surface area (Å²) in [7, 11) is 0. The molecule has 0 amide bonds. The molecule has 0 aromatic heterocycles. The van der Waals surface area contributed by atoms with Crippen LogP contribution in [0.1, 0.15) is 33.1 Å². The van der Waals surface area contributed by atoms with Gasteiger partial charge in [-0.15, -0.1) is 11.8 Å². The second kappa shape index (κ2) is 5.79. The summed E-state index contributed by atoms with van der Waals surface area (Å²) in [6.07, 6.45) is 2.10. The zero-order valence-corrected chi connectivity index (χ0v) is 12.2. The fourth-order valence-corrected chi connectivity index (χ4v) is 3.92. The Morgan fingerprint density at radius 1 is 1.37 bits per heavy atom. The Kier molecular flexibility index (Phi) is 4.31. The Bertz CT molecular complexity index is 489. The maximum atomic E-state index is 11.7. The molecule has 1 aromatic rings. The Hall–Kier alpha value is -1.27. The molecule has 1 aromatic carbocycles. The molecule has 1 aliphatic carbocycles. The van der Waals surface area contributed by atoms with Crippen LogP contribution in [-0.2, 0) is 4.79 Å². The minimum atomic E-state index is -0.151. The van der Waals surface area contributed by atoms with Crippen LogP contribution < -0.4 is 0 Å². The third-order valence-electron chi connectivity index (χ3n) is 4.00. The Balaban J connectivity index is 2.16. The first-order valence-electron chi connectivity index (χ1n) is 6.66. The van der Waals surface area contributed by atoms with Crippen LogP contribution in [0, 0.1) is 22.7 Å². The summed E-state index contributed by atoms with van der Waals surface area (Å²) in [5.41, 5.74) is 0.0656. The molecule has 0 aliphatic heterocycles. The molecule has 1 saturated carbocycles. The van der Waals surface area contributed by atoms with Gasteiger partial charge in [-0.3, -0.25) is 4.79 Å². The van der Waals surface area contributed by atoms with Gasteiger partial charge in [0.05, 0.1) is 6.07 Å². The van der Waals surface area contributed by atoms with E-state index in [1.165, 1.54) is 0 Å². The number of hydrogen-bond donors (Lipinski definition) is 0. The van der Waals surface area contributed by atoms with Crippen LogP contribution in [0.2, 0.25) is 0 Å². The molecule has 0 N–H and O–H groups in total. The topological polar surface area (TPSA) is 40.9 Å². The predicted octanol–water partition coefficient (Wildman–Crippen LogP) is 4.07. The summed E-state index contributed by atoms with van der Waals surface area (Å²) in [5, 5.41) is 9.32. The van der Waals surface area contributed by atoms with Crippen molar-refractivity contribution in [1.82, 2.24) is 0 Å². The smallest absolute Gasteiger partial charge is 0.133 e. The van der Waals surface area contributed by atoms with Gasteiger partial charge in [-0.25, -0.2) is 0 Å². The highest BCUT2D eigenvalue weighted by atomic mass is 32.2. The second-order valence-corrected chi connectivity index (χ2v) is 7.03. The molecular weight excluding hydrogens is 254 g/mol. The third-order valence-corrected chi connectivity index (χ3v) is 5.23. The number of Topliss-reactive ketones (excluding diaryl/α,β-unsaturated/α-hetero) is 1. The Labute approximate surface area is 119 Å². The highest BCUT2D eigenvalue weighted by Crippen LogP contribution is 2.45. The average Bonchev–Trinajstić information content (AvgIpc) is 2.40. The zero-order chi connectivity index (χ0) is 13.9. The van der Waals surface area contributed by atoms with Gasteiger partial charge in [0, 0.05) is 17.7 Å². The van der Waals surface area contributed by atoms with Gasteiger partial charge in [-0.2, -0.15) is 5.26 Å². The minimum absolute atomic E-state index is 0.0656. The number of rotatable bonds is 3. The molecule has 0 radical (unpaired) electrons. The molecule has 19 heavy (non-hydrogen) atoms. The lowest BCUT2D eigenvalue weighted by Crippen LogP contribution is -2.38. The minimum Gasteiger partial charge on any atom is -0.300 e. The van der Waals surface area contributed by atoms with Crippen molar-refractivity contribution in [1.29, 1.82) is 5.26 Å². The van der Waals surface area contributed by atoms with E-state index in [9.17, 15) is 10.1 Å². The van der Waals surface area contributed by atoms with Crippen LogP contribution in [0.3, 0.4) is 0 Å². The average molecular weight is 273 g/mol. The lowest BCUT2D eigenvalue weighted by molar-refractivity contribution is -0.124. The van der Waals surface area contributed by atoms with E-state index in [1.807, 2.05) is 30.3 Å². The molecule has 2 rings (SSSR count). The molecule has 3 heteroatoms. The van der Waals surface area contributed by atoms with Crippen LogP contribution in [0.15, 0.2) is 35.2 Å². The number of nitriles is 1. The summed E-state index contributed by atoms with van der Waals surface area (Å²) >= 11 is 1.59. The van der Waals surface area contributed by atoms with E-state index < -0.39 is 0 Å². The largest absolute Gasteiger partial charge is 0.300 e. The molecule has 2 nitrogen and oxygen atoms in total. The Morgan fingerprint density at radius 3 is 2.68 bits per heavy atom. The number of benzene rings is 1. The molecule has 0 spiro atoms. The van der Waals surface area contributed by atoms with Gasteiger partial charge in [-0.05, 0) is 29.9 Å². The van der Waals surface area contributed by atoms with E-state index >= 15 is 0 Å². The maximum absolute atomic E-state index is 11.7. The van der Waals surface area contributed by atoms with Crippen molar-refractivity contribution in [3.05, 3.63) is 30.3 Å². The van der Waals surface area contributed by atoms with Gasteiger partial charge in [0.25, 0.3) is 0 Å². The van der Waals surface area contributed by atoms with E-state index in [0.717, 1.165) is 11.3 Å². The SMILES string of the molecule is CC1(C)CCC(=O)CC1C(C#N)Sc1ccccc1. The molecule has 1 aliphatic rings. The number of thioether (sulfide) groups is 1. The van der Waals surface area contributed by atoms with Crippen molar-refractivity contribution in [2.45, 2.75) is 43.3 Å². The highest BCUT2D eigenvalue weighted by molar-refractivity contribution is 8.00. The Morgan fingerprint density at radius 2 is 2.05 bits per heavy atom. The molecular formula is C16H19NOS. The quantitative estimate of drug-likeness (QED) is 0.780. The molecule has 2 atom stereocenters. The van der Waals surface area contributed by atoms with E-state index in [2.05, 4.69) is 19.9 Å².